The molecule has 0 spiro atoms. The van der Waals surface area contributed by atoms with Crippen LogP contribution in [0.1, 0.15) is 5.69 Å². The summed E-state index contributed by atoms with van der Waals surface area (Å²) in [5.74, 6) is 0. The molecule has 1 aromatic rings. The summed E-state index contributed by atoms with van der Waals surface area (Å²) in [4.78, 5) is 6.95. The Morgan fingerprint density at radius 3 is 3.27 bits per heavy atom. The van der Waals surface area contributed by atoms with Gasteiger partial charge in [-0.05, 0) is 6.92 Å². The Morgan fingerprint density at radius 1 is 1.91 bits per heavy atom. The number of nitrogens with one attached hydrogen (secondary N) is 1. The minimum absolute atomic E-state index is 0.292. The highest BCUT2D eigenvalue weighted by Gasteiger charge is 2.23. The van der Waals surface area contributed by atoms with Gasteiger partial charge in [0.05, 0.1) is 12.8 Å². The van der Waals surface area contributed by atoms with Crippen molar-refractivity contribution in [2.24, 2.45) is 0 Å². The SMILES string of the molecule is Cc1cnc(OC[C@H]2CO2)[nH]1. The van der Waals surface area contributed by atoms with Crippen LogP contribution in [-0.4, -0.2) is 29.3 Å². The zero-order valence-corrected chi connectivity index (χ0v) is 6.33. The molecule has 0 bridgehead atoms. The molecule has 4 nitrogen and oxygen atoms in total. The molecule has 0 radical (unpaired) electrons. The monoisotopic (exact) mass is 154 g/mol. The smallest absolute Gasteiger partial charge is 0.293 e. The van der Waals surface area contributed by atoms with Gasteiger partial charge >= 0.3 is 0 Å². The first-order valence-electron chi connectivity index (χ1n) is 3.60. The van der Waals surface area contributed by atoms with Crippen LogP contribution < -0.4 is 4.74 Å². The molecule has 1 fully saturated rings. The standard InChI is InChI=1S/C7H10N2O2/c1-5-2-8-7(9-5)11-4-6-3-10-6/h2,6H,3-4H2,1H3,(H,8,9)/t6-/m1/s1. The van der Waals surface area contributed by atoms with Crippen LogP contribution in [0.4, 0.5) is 0 Å². The molecule has 1 aliphatic rings. The van der Waals surface area contributed by atoms with Crippen LogP contribution in [0.3, 0.4) is 0 Å². The van der Waals surface area contributed by atoms with Gasteiger partial charge in [0.1, 0.15) is 12.7 Å². The van der Waals surface area contributed by atoms with E-state index in [0.717, 1.165) is 12.3 Å². The first-order chi connectivity index (χ1) is 5.34. The molecule has 1 N–H and O–H groups in total. The largest absolute Gasteiger partial charge is 0.462 e. The van der Waals surface area contributed by atoms with Gasteiger partial charge in [-0.1, -0.05) is 0 Å². The molecular formula is C7H10N2O2. The number of imidazole rings is 1. The molecule has 0 unspecified atom stereocenters. The number of hydrogen-bond donors (Lipinski definition) is 1. The molecule has 0 aliphatic carbocycles. The van der Waals surface area contributed by atoms with E-state index in [9.17, 15) is 0 Å². The summed E-state index contributed by atoms with van der Waals surface area (Å²) in [5.41, 5.74) is 1.01. The number of aromatic amines is 1. The zero-order chi connectivity index (χ0) is 7.68. The lowest BCUT2D eigenvalue weighted by atomic mass is 10.5. The zero-order valence-electron chi connectivity index (χ0n) is 6.33. The number of aryl methyl sites for hydroxylation is 1. The van der Waals surface area contributed by atoms with Crippen molar-refractivity contribution in [2.75, 3.05) is 13.2 Å². The van der Waals surface area contributed by atoms with E-state index in [1.807, 2.05) is 6.92 Å². The lowest BCUT2D eigenvalue weighted by molar-refractivity contribution is 0.248. The molecular weight excluding hydrogens is 144 g/mol. The molecule has 60 valence electrons. The maximum absolute atomic E-state index is 5.26. The van der Waals surface area contributed by atoms with Crippen molar-refractivity contribution < 1.29 is 9.47 Å². The Hall–Kier alpha value is -1.03. The summed E-state index contributed by atoms with van der Waals surface area (Å²) in [7, 11) is 0. The Balaban J connectivity index is 1.85. The summed E-state index contributed by atoms with van der Waals surface area (Å²) >= 11 is 0. The van der Waals surface area contributed by atoms with Crippen LogP contribution in [0, 0.1) is 6.92 Å². The Labute approximate surface area is 64.5 Å². The highest BCUT2D eigenvalue weighted by molar-refractivity contribution is 5.02. The fraction of sp³-hybridized carbons (Fsp3) is 0.571. The van der Waals surface area contributed by atoms with Gasteiger partial charge in [0, 0.05) is 5.69 Å². The van der Waals surface area contributed by atoms with Crippen LogP contribution in [0.25, 0.3) is 0 Å². The molecule has 0 amide bonds. The summed E-state index contributed by atoms with van der Waals surface area (Å²) in [6, 6.07) is 0.581. The Morgan fingerprint density at radius 2 is 2.73 bits per heavy atom. The third-order valence-electron chi connectivity index (χ3n) is 1.49. The molecule has 11 heavy (non-hydrogen) atoms. The third kappa shape index (κ3) is 1.71. The molecule has 2 rings (SSSR count). The van der Waals surface area contributed by atoms with Gasteiger partial charge in [-0.15, -0.1) is 0 Å². The van der Waals surface area contributed by atoms with E-state index in [1.54, 1.807) is 6.20 Å². The van der Waals surface area contributed by atoms with E-state index in [2.05, 4.69) is 9.97 Å². The van der Waals surface area contributed by atoms with Gasteiger partial charge in [0.2, 0.25) is 0 Å². The maximum Gasteiger partial charge on any atom is 0.293 e. The van der Waals surface area contributed by atoms with Crippen molar-refractivity contribution in [3.8, 4) is 6.01 Å². The van der Waals surface area contributed by atoms with Crippen LogP contribution in [0.5, 0.6) is 6.01 Å². The minimum Gasteiger partial charge on any atom is -0.462 e. The average molecular weight is 154 g/mol. The quantitative estimate of drug-likeness (QED) is 0.645. The number of H-pyrrole nitrogens is 1. The lowest BCUT2D eigenvalue weighted by Gasteiger charge is -1.96. The normalized spacial score (nSPS) is 21.7. The number of hydrogen-bond acceptors (Lipinski definition) is 3. The van der Waals surface area contributed by atoms with E-state index < -0.39 is 0 Å². The Kier molecular flexibility index (Phi) is 1.54. The molecule has 1 aromatic heterocycles. The Bertz CT molecular complexity index is 242. The van der Waals surface area contributed by atoms with Crippen molar-refractivity contribution >= 4 is 0 Å². The molecule has 2 heterocycles. The van der Waals surface area contributed by atoms with Gasteiger partial charge in [0.15, 0.2) is 0 Å². The second-order valence-electron chi connectivity index (χ2n) is 2.64. The highest BCUT2D eigenvalue weighted by Crippen LogP contribution is 2.11. The second-order valence-corrected chi connectivity index (χ2v) is 2.64. The van der Waals surface area contributed by atoms with E-state index in [4.69, 9.17) is 9.47 Å². The van der Waals surface area contributed by atoms with Crippen LogP contribution in [-0.2, 0) is 4.74 Å². The number of nitrogens with zero attached hydrogens (tertiary/aromatic N) is 1. The summed E-state index contributed by atoms with van der Waals surface area (Å²) in [6.45, 7) is 3.36. The minimum atomic E-state index is 0.292. The number of aromatic nitrogens is 2. The number of ether oxygens (including phenoxy) is 2. The molecule has 4 heteroatoms. The molecule has 1 saturated heterocycles. The van der Waals surface area contributed by atoms with Crippen molar-refractivity contribution in [3.05, 3.63) is 11.9 Å². The van der Waals surface area contributed by atoms with Gasteiger partial charge in [0.25, 0.3) is 6.01 Å². The second kappa shape index (κ2) is 2.54. The predicted octanol–water partition coefficient (Wildman–Crippen LogP) is 0.496. The van der Waals surface area contributed by atoms with Gasteiger partial charge in [-0.25, -0.2) is 4.98 Å². The third-order valence-corrected chi connectivity index (χ3v) is 1.49. The molecule has 0 aromatic carbocycles. The van der Waals surface area contributed by atoms with Gasteiger partial charge in [-0.2, -0.15) is 0 Å². The van der Waals surface area contributed by atoms with Crippen LogP contribution in [0.15, 0.2) is 6.20 Å². The van der Waals surface area contributed by atoms with Crippen molar-refractivity contribution in [2.45, 2.75) is 13.0 Å². The van der Waals surface area contributed by atoms with E-state index in [-0.39, 0.29) is 0 Å². The van der Waals surface area contributed by atoms with Gasteiger partial charge < -0.3 is 14.5 Å². The molecule has 1 aliphatic heterocycles. The summed E-state index contributed by atoms with van der Waals surface area (Å²) in [5, 5.41) is 0. The van der Waals surface area contributed by atoms with Gasteiger partial charge in [-0.3, -0.25) is 0 Å². The van der Waals surface area contributed by atoms with E-state index in [1.165, 1.54) is 0 Å². The van der Waals surface area contributed by atoms with Crippen molar-refractivity contribution in [1.82, 2.24) is 9.97 Å². The van der Waals surface area contributed by atoms with Crippen molar-refractivity contribution in [3.63, 3.8) is 0 Å². The number of epoxide rings is 1. The fourth-order valence-corrected chi connectivity index (χ4v) is 0.798. The summed E-state index contributed by atoms with van der Waals surface area (Å²) in [6.07, 6.45) is 2.03. The summed E-state index contributed by atoms with van der Waals surface area (Å²) < 4.78 is 10.2. The fourth-order valence-electron chi connectivity index (χ4n) is 0.798. The average Bonchev–Trinajstić information content (AvgIpc) is 2.72. The van der Waals surface area contributed by atoms with E-state index in [0.29, 0.717) is 18.7 Å². The molecule has 1 atom stereocenters. The van der Waals surface area contributed by atoms with Crippen LogP contribution >= 0.6 is 0 Å². The number of rotatable bonds is 3. The molecule has 0 saturated carbocycles. The van der Waals surface area contributed by atoms with Crippen LogP contribution in [0.2, 0.25) is 0 Å². The first kappa shape index (κ1) is 6.67. The first-order valence-corrected chi connectivity index (χ1v) is 3.60. The highest BCUT2D eigenvalue weighted by atomic mass is 16.6. The predicted molar refractivity (Wildman–Crippen MR) is 38.6 cm³/mol. The lowest BCUT2D eigenvalue weighted by Crippen LogP contribution is -2.04. The maximum atomic E-state index is 5.26. The topological polar surface area (TPSA) is 50.4 Å². The van der Waals surface area contributed by atoms with Crippen molar-refractivity contribution in [1.29, 1.82) is 0 Å². The van der Waals surface area contributed by atoms with E-state index >= 15 is 0 Å².